The van der Waals surface area contributed by atoms with Gasteiger partial charge in [-0.2, -0.15) is 4.31 Å². The predicted octanol–water partition coefficient (Wildman–Crippen LogP) is 4.87. The molecule has 0 spiro atoms. The molecule has 35 heavy (non-hydrogen) atoms. The summed E-state index contributed by atoms with van der Waals surface area (Å²) in [5.41, 5.74) is 1.67. The number of hydrogen-bond acceptors (Lipinski definition) is 6. The van der Waals surface area contributed by atoms with Crippen molar-refractivity contribution in [3.05, 3.63) is 53.1 Å². The number of carbonyl (C=O) groups is 1. The molecule has 10 heteroatoms. The summed E-state index contributed by atoms with van der Waals surface area (Å²) in [7, 11) is -3.68. The van der Waals surface area contributed by atoms with Crippen molar-refractivity contribution in [1.82, 2.24) is 9.29 Å². The standard InChI is InChI=1S/C25H28ClN3O4S2/c1-17-9-11-20(12-10-17)35(31,32)28-13-3-5-18(15-28)24(30)29(16-19-6-4-14-33-19)25-27-23-21(26)7-2-8-22(23)34-25/h2,7-12,18-19H,3-6,13-16H2,1H3. The molecule has 2 unspecified atom stereocenters. The second-order valence-corrected chi connectivity index (χ2v) is 12.5. The minimum Gasteiger partial charge on any atom is -0.376 e. The minimum absolute atomic E-state index is 0.0579. The Morgan fingerprint density at radius 3 is 2.71 bits per heavy atom. The lowest BCUT2D eigenvalue weighted by Gasteiger charge is -2.34. The highest BCUT2D eigenvalue weighted by Crippen LogP contribution is 2.35. The van der Waals surface area contributed by atoms with Crippen LogP contribution in [0.2, 0.25) is 5.02 Å². The molecular weight excluding hydrogens is 506 g/mol. The van der Waals surface area contributed by atoms with E-state index >= 15 is 0 Å². The van der Waals surface area contributed by atoms with E-state index in [0.717, 1.165) is 23.1 Å². The summed E-state index contributed by atoms with van der Waals surface area (Å²) in [5, 5.41) is 1.12. The van der Waals surface area contributed by atoms with E-state index in [4.69, 9.17) is 21.3 Å². The number of amides is 1. The molecule has 7 nitrogen and oxygen atoms in total. The molecule has 0 saturated carbocycles. The van der Waals surface area contributed by atoms with E-state index in [0.29, 0.717) is 48.2 Å². The fourth-order valence-corrected chi connectivity index (χ4v) is 7.52. The number of hydrogen-bond donors (Lipinski definition) is 0. The van der Waals surface area contributed by atoms with Crippen LogP contribution in [0.25, 0.3) is 10.2 Å². The first kappa shape index (κ1) is 24.6. The van der Waals surface area contributed by atoms with Crippen LogP contribution < -0.4 is 4.90 Å². The maximum absolute atomic E-state index is 13.9. The number of nitrogens with zero attached hydrogens (tertiary/aromatic N) is 3. The second kappa shape index (κ2) is 10.1. The molecule has 2 fully saturated rings. The van der Waals surface area contributed by atoms with Crippen LogP contribution in [0, 0.1) is 12.8 Å². The maximum Gasteiger partial charge on any atom is 0.243 e. The fourth-order valence-electron chi connectivity index (χ4n) is 4.71. The van der Waals surface area contributed by atoms with Crippen LogP contribution in [0.1, 0.15) is 31.2 Å². The van der Waals surface area contributed by atoms with Gasteiger partial charge in [-0.05, 0) is 56.9 Å². The van der Waals surface area contributed by atoms with Gasteiger partial charge < -0.3 is 4.74 Å². The summed E-state index contributed by atoms with van der Waals surface area (Å²) in [4.78, 5) is 20.5. The van der Waals surface area contributed by atoms with E-state index in [1.54, 1.807) is 35.2 Å². The van der Waals surface area contributed by atoms with Gasteiger partial charge in [-0.3, -0.25) is 9.69 Å². The Balaban J connectivity index is 1.42. The first-order valence-electron chi connectivity index (χ1n) is 11.9. The molecule has 2 atom stereocenters. The zero-order chi connectivity index (χ0) is 24.6. The van der Waals surface area contributed by atoms with Gasteiger partial charge in [0.25, 0.3) is 0 Å². The Morgan fingerprint density at radius 2 is 2.00 bits per heavy atom. The number of anilines is 1. The van der Waals surface area contributed by atoms with Gasteiger partial charge in [0.15, 0.2) is 5.13 Å². The number of aromatic nitrogens is 1. The second-order valence-electron chi connectivity index (χ2n) is 9.18. The number of thiazole rings is 1. The van der Waals surface area contributed by atoms with E-state index < -0.39 is 15.9 Å². The molecule has 2 aliphatic heterocycles. The lowest BCUT2D eigenvalue weighted by atomic mass is 9.98. The van der Waals surface area contributed by atoms with Crippen LogP contribution in [0.15, 0.2) is 47.4 Å². The first-order valence-corrected chi connectivity index (χ1v) is 14.5. The number of benzene rings is 2. The normalized spacial score (nSPS) is 21.4. The Labute approximate surface area is 214 Å². The van der Waals surface area contributed by atoms with Crippen molar-refractivity contribution in [2.75, 3.05) is 31.1 Å². The third-order valence-corrected chi connectivity index (χ3v) is 9.89. The Morgan fingerprint density at radius 1 is 1.20 bits per heavy atom. The molecule has 2 aromatic carbocycles. The van der Waals surface area contributed by atoms with Crippen LogP contribution >= 0.6 is 22.9 Å². The number of rotatable bonds is 6. The van der Waals surface area contributed by atoms with Crippen molar-refractivity contribution in [2.45, 2.75) is 43.6 Å². The molecule has 3 aromatic rings. The van der Waals surface area contributed by atoms with Crippen LogP contribution in [0.5, 0.6) is 0 Å². The van der Waals surface area contributed by atoms with Crippen molar-refractivity contribution in [2.24, 2.45) is 5.92 Å². The lowest BCUT2D eigenvalue weighted by molar-refractivity contribution is -0.123. The van der Waals surface area contributed by atoms with Crippen LogP contribution in [-0.4, -0.2) is 56.0 Å². The zero-order valence-corrected chi connectivity index (χ0v) is 21.9. The van der Waals surface area contributed by atoms with Gasteiger partial charge in [0.1, 0.15) is 5.52 Å². The largest absolute Gasteiger partial charge is 0.376 e. The highest BCUT2D eigenvalue weighted by Gasteiger charge is 2.37. The third kappa shape index (κ3) is 5.11. The topological polar surface area (TPSA) is 79.8 Å². The SMILES string of the molecule is Cc1ccc(S(=O)(=O)N2CCCC(C(=O)N(CC3CCCO3)c3nc4c(Cl)cccc4s3)C2)cc1. The van der Waals surface area contributed by atoms with E-state index in [2.05, 4.69) is 0 Å². The van der Waals surface area contributed by atoms with Crippen molar-refractivity contribution in [3.63, 3.8) is 0 Å². The average Bonchev–Trinajstić information content (AvgIpc) is 3.53. The molecular formula is C25H28ClN3O4S2. The Kier molecular flexibility index (Phi) is 7.14. The van der Waals surface area contributed by atoms with E-state index in [-0.39, 0.29) is 23.5 Å². The molecule has 1 amide bonds. The molecule has 2 aliphatic rings. The van der Waals surface area contributed by atoms with E-state index in [9.17, 15) is 13.2 Å². The summed E-state index contributed by atoms with van der Waals surface area (Å²) in [5.74, 6) is -0.563. The molecule has 2 saturated heterocycles. The number of sulfonamides is 1. The van der Waals surface area contributed by atoms with Crippen LogP contribution in [-0.2, 0) is 19.6 Å². The summed E-state index contributed by atoms with van der Waals surface area (Å²) in [6.07, 6.45) is 3.04. The van der Waals surface area contributed by atoms with Crippen LogP contribution in [0.4, 0.5) is 5.13 Å². The molecule has 5 rings (SSSR count). The summed E-state index contributed by atoms with van der Waals surface area (Å²) in [6, 6.07) is 12.4. The molecule has 0 bridgehead atoms. The molecule has 3 heterocycles. The van der Waals surface area contributed by atoms with E-state index in [1.165, 1.54) is 15.6 Å². The number of aryl methyl sites for hydroxylation is 1. The van der Waals surface area contributed by atoms with Crippen molar-refractivity contribution in [1.29, 1.82) is 0 Å². The van der Waals surface area contributed by atoms with Gasteiger partial charge in [-0.25, -0.2) is 13.4 Å². The quantitative estimate of drug-likeness (QED) is 0.451. The zero-order valence-electron chi connectivity index (χ0n) is 19.5. The molecule has 0 N–H and O–H groups in total. The number of fused-ring (bicyclic) bond motifs is 1. The first-order chi connectivity index (χ1) is 16.8. The smallest absolute Gasteiger partial charge is 0.243 e. The summed E-state index contributed by atoms with van der Waals surface area (Å²) in [6.45, 7) is 3.57. The number of para-hydroxylation sites is 1. The molecule has 0 aliphatic carbocycles. The summed E-state index contributed by atoms with van der Waals surface area (Å²) < 4.78 is 34.8. The number of ether oxygens (including phenoxy) is 1. The minimum atomic E-state index is -3.68. The van der Waals surface area contributed by atoms with Crippen molar-refractivity contribution in [3.8, 4) is 0 Å². The number of piperidine rings is 1. The van der Waals surface area contributed by atoms with Gasteiger partial charge in [0.05, 0.1) is 33.2 Å². The maximum atomic E-state index is 13.9. The number of carbonyl (C=O) groups excluding carboxylic acids is 1. The number of halogens is 1. The molecule has 1 aromatic heterocycles. The predicted molar refractivity (Wildman–Crippen MR) is 139 cm³/mol. The van der Waals surface area contributed by atoms with Crippen molar-refractivity contribution >= 4 is 54.2 Å². The monoisotopic (exact) mass is 533 g/mol. The van der Waals surface area contributed by atoms with Crippen molar-refractivity contribution < 1.29 is 17.9 Å². The third-order valence-electron chi connectivity index (χ3n) is 6.66. The average molecular weight is 534 g/mol. The van der Waals surface area contributed by atoms with Gasteiger partial charge in [-0.1, -0.05) is 46.7 Å². The summed E-state index contributed by atoms with van der Waals surface area (Å²) >= 11 is 7.78. The lowest BCUT2D eigenvalue weighted by Crippen LogP contribution is -2.48. The van der Waals surface area contributed by atoms with E-state index in [1.807, 2.05) is 19.1 Å². The Hall–Kier alpha value is -2.04. The van der Waals surface area contributed by atoms with Gasteiger partial charge in [0.2, 0.25) is 15.9 Å². The molecule has 0 radical (unpaired) electrons. The van der Waals surface area contributed by atoms with Crippen LogP contribution in [0.3, 0.4) is 0 Å². The Bertz CT molecular complexity index is 1320. The highest BCUT2D eigenvalue weighted by molar-refractivity contribution is 7.89. The van der Waals surface area contributed by atoms with Gasteiger partial charge in [0, 0.05) is 19.7 Å². The van der Waals surface area contributed by atoms with Gasteiger partial charge in [-0.15, -0.1) is 0 Å². The molecule has 186 valence electrons. The highest BCUT2D eigenvalue weighted by atomic mass is 35.5. The van der Waals surface area contributed by atoms with Gasteiger partial charge >= 0.3 is 0 Å². The fraction of sp³-hybridized carbons (Fsp3) is 0.440.